The van der Waals surface area contributed by atoms with E-state index in [4.69, 9.17) is 0 Å². The Labute approximate surface area is 168 Å². The van der Waals surface area contributed by atoms with E-state index in [0.29, 0.717) is 11.4 Å². The van der Waals surface area contributed by atoms with Gasteiger partial charge in [0.05, 0.1) is 23.6 Å². The maximum absolute atomic E-state index is 13.5. The van der Waals surface area contributed by atoms with Crippen LogP contribution in [0.25, 0.3) is 0 Å². The third kappa shape index (κ3) is 2.92. The zero-order valence-corrected chi connectivity index (χ0v) is 17.7. The molecule has 144 valence electrons. The summed E-state index contributed by atoms with van der Waals surface area (Å²) in [4.78, 5) is 2.45. The average Bonchev–Trinajstić information content (AvgIpc) is 3.08. The van der Waals surface area contributed by atoms with Crippen LogP contribution >= 0.6 is 15.9 Å². The molecular formula is C20H23BrN2O3S. The molecular weight excluding hydrogens is 428 g/mol. The molecule has 0 unspecified atom stereocenters. The van der Waals surface area contributed by atoms with Crippen molar-refractivity contribution >= 4 is 31.6 Å². The Hall–Kier alpha value is -1.41. The number of aryl methyl sites for hydroxylation is 1. The number of likely N-dealkylation sites (N-methyl/N-ethyl adjacent to an activating group) is 1. The zero-order chi connectivity index (χ0) is 19.3. The van der Waals surface area contributed by atoms with E-state index >= 15 is 0 Å². The highest BCUT2D eigenvalue weighted by Crippen LogP contribution is 2.50. The highest BCUT2D eigenvalue weighted by atomic mass is 79.9. The smallest absolute Gasteiger partial charge is 0.243 e. The number of anilines is 1. The fourth-order valence-electron chi connectivity index (χ4n) is 4.62. The van der Waals surface area contributed by atoms with Gasteiger partial charge in [-0.05, 0) is 48.7 Å². The molecule has 0 spiro atoms. The van der Waals surface area contributed by atoms with Crippen molar-refractivity contribution in [1.29, 1.82) is 0 Å². The van der Waals surface area contributed by atoms with Crippen molar-refractivity contribution in [3.8, 4) is 0 Å². The summed E-state index contributed by atoms with van der Waals surface area (Å²) < 4.78 is 29.6. The van der Waals surface area contributed by atoms with Gasteiger partial charge in [-0.15, -0.1) is 0 Å². The summed E-state index contributed by atoms with van der Waals surface area (Å²) in [5.41, 5.74) is 2.73. The Morgan fingerprint density at radius 1 is 1.22 bits per heavy atom. The third-order valence-corrected chi connectivity index (χ3v) is 8.48. The van der Waals surface area contributed by atoms with Crippen molar-refractivity contribution in [2.45, 2.75) is 30.3 Å². The summed E-state index contributed by atoms with van der Waals surface area (Å²) in [6, 6.07) is 12.7. The molecule has 0 radical (unpaired) electrons. The molecule has 0 aromatic heterocycles. The molecule has 5 nitrogen and oxygen atoms in total. The SMILES string of the molecule is Cc1ccccc1S(=O)(=O)N1CC[C@@H]2[C@H]1c1cc(Br)ccc1N(C)[C@H]2CO. The number of benzene rings is 2. The third-order valence-electron chi connectivity index (χ3n) is 5.95. The van der Waals surface area contributed by atoms with E-state index in [-0.39, 0.29) is 24.6 Å². The van der Waals surface area contributed by atoms with E-state index in [1.165, 1.54) is 0 Å². The van der Waals surface area contributed by atoms with E-state index in [9.17, 15) is 13.5 Å². The van der Waals surface area contributed by atoms with Crippen LogP contribution in [-0.2, 0) is 10.0 Å². The van der Waals surface area contributed by atoms with Gasteiger partial charge in [-0.3, -0.25) is 0 Å². The van der Waals surface area contributed by atoms with Crippen LogP contribution in [0.1, 0.15) is 23.6 Å². The first-order valence-electron chi connectivity index (χ1n) is 9.07. The first-order chi connectivity index (χ1) is 12.9. The molecule has 7 heteroatoms. The lowest BCUT2D eigenvalue weighted by Crippen LogP contribution is -2.48. The minimum atomic E-state index is -3.63. The van der Waals surface area contributed by atoms with Gasteiger partial charge in [0.15, 0.2) is 0 Å². The molecule has 1 fully saturated rings. The molecule has 2 aromatic carbocycles. The predicted octanol–water partition coefficient (Wildman–Crippen LogP) is 3.32. The van der Waals surface area contributed by atoms with E-state index < -0.39 is 10.0 Å². The number of halogens is 1. The topological polar surface area (TPSA) is 60.9 Å². The molecule has 0 aliphatic carbocycles. The molecule has 2 heterocycles. The molecule has 0 amide bonds. The molecule has 27 heavy (non-hydrogen) atoms. The molecule has 2 aromatic rings. The molecule has 4 rings (SSSR count). The van der Waals surface area contributed by atoms with Crippen molar-refractivity contribution in [2.24, 2.45) is 5.92 Å². The summed E-state index contributed by atoms with van der Waals surface area (Å²) in [6.07, 6.45) is 0.733. The zero-order valence-electron chi connectivity index (χ0n) is 15.3. The van der Waals surface area contributed by atoms with Crippen LogP contribution < -0.4 is 4.90 Å². The summed E-state index contributed by atoms with van der Waals surface area (Å²) in [5, 5.41) is 10.0. The van der Waals surface area contributed by atoms with Crippen molar-refractivity contribution in [3.63, 3.8) is 0 Å². The number of sulfonamides is 1. The Kier molecular flexibility index (Phi) is 4.83. The Morgan fingerprint density at radius 3 is 2.67 bits per heavy atom. The van der Waals surface area contributed by atoms with Gasteiger partial charge in [-0.1, -0.05) is 34.1 Å². The van der Waals surface area contributed by atoms with Crippen LogP contribution in [0.3, 0.4) is 0 Å². The van der Waals surface area contributed by atoms with Gasteiger partial charge >= 0.3 is 0 Å². The van der Waals surface area contributed by atoms with Crippen LogP contribution in [0.2, 0.25) is 0 Å². The monoisotopic (exact) mass is 450 g/mol. The van der Waals surface area contributed by atoms with Gasteiger partial charge in [0.2, 0.25) is 10.0 Å². The molecule has 1 N–H and O–H groups in total. The molecule has 3 atom stereocenters. The molecule has 1 saturated heterocycles. The average molecular weight is 451 g/mol. The molecule has 0 saturated carbocycles. The van der Waals surface area contributed by atoms with Gasteiger partial charge in [-0.25, -0.2) is 8.42 Å². The van der Waals surface area contributed by atoms with Crippen molar-refractivity contribution in [2.75, 3.05) is 25.1 Å². The number of fused-ring (bicyclic) bond motifs is 3. The van der Waals surface area contributed by atoms with E-state index in [0.717, 1.165) is 27.7 Å². The number of rotatable bonds is 3. The fraction of sp³-hybridized carbons (Fsp3) is 0.400. The normalized spacial score (nSPS) is 25.3. The van der Waals surface area contributed by atoms with Crippen molar-refractivity contribution < 1.29 is 13.5 Å². The van der Waals surface area contributed by atoms with E-state index in [2.05, 4.69) is 20.8 Å². The number of aliphatic hydroxyl groups is 1. The minimum Gasteiger partial charge on any atom is -0.394 e. The predicted molar refractivity (Wildman–Crippen MR) is 109 cm³/mol. The summed E-state index contributed by atoms with van der Waals surface area (Å²) in [5.74, 6) is 0.0561. The molecule has 2 aliphatic rings. The van der Waals surface area contributed by atoms with E-state index in [1.807, 2.05) is 44.3 Å². The number of hydrogen-bond acceptors (Lipinski definition) is 4. The highest BCUT2D eigenvalue weighted by molar-refractivity contribution is 9.10. The summed E-state index contributed by atoms with van der Waals surface area (Å²) >= 11 is 3.53. The quantitative estimate of drug-likeness (QED) is 0.778. The van der Waals surface area contributed by atoms with Crippen LogP contribution in [-0.4, -0.2) is 44.1 Å². The highest BCUT2D eigenvalue weighted by Gasteiger charge is 2.50. The first kappa shape index (κ1) is 18.9. The summed E-state index contributed by atoms with van der Waals surface area (Å²) in [6.45, 7) is 2.30. The van der Waals surface area contributed by atoms with Crippen molar-refractivity contribution in [3.05, 3.63) is 58.1 Å². The number of aliphatic hydroxyl groups excluding tert-OH is 1. The molecule has 2 aliphatic heterocycles. The lowest BCUT2D eigenvalue weighted by molar-refractivity contribution is 0.193. The Bertz CT molecular complexity index is 979. The number of hydrogen-bond donors (Lipinski definition) is 1. The fourth-order valence-corrected chi connectivity index (χ4v) is 6.90. The first-order valence-corrected chi connectivity index (χ1v) is 11.3. The van der Waals surface area contributed by atoms with Crippen LogP contribution in [0.15, 0.2) is 51.8 Å². The van der Waals surface area contributed by atoms with Crippen LogP contribution in [0.5, 0.6) is 0 Å². The Balaban J connectivity index is 1.87. The minimum absolute atomic E-state index is 0.00538. The summed E-state index contributed by atoms with van der Waals surface area (Å²) in [7, 11) is -1.65. The second-order valence-corrected chi connectivity index (χ2v) is 10.1. The maximum Gasteiger partial charge on any atom is 0.243 e. The lowest BCUT2D eigenvalue weighted by atomic mass is 9.82. The van der Waals surface area contributed by atoms with Crippen LogP contribution in [0.4, 0.5) is 5.69 Å². The van der Waals surface area contributed by atoms with E-state index in [1.54, 1.807) is 16.4 Å². The van der Waals surface area contributed by atoms with Gasteiger partial charge in [0, 0.05) is 29.7 Å². The van der Waals surface area contributed by atoms with Gasteiger partial charge in [0.25, 0.3) is 0 Å². The van der Waals surface area contributed by atoms with Gasteiger partial charge < -0.3 is 10.0 Å². The van der Waals surface area contributed by atoms with Gasteiger partial charge in [0.1, 0.15) is 0 Å². The Morgan fingerprint density at radius 2 is 1.96 bits per heavy atom. The number of nitrogens with zero attached hydrogens (tertiary/aromatic N) is 2. The van der Waals surface area contributed by atoms with Crippen molar-refractivity contribution in [1.82, 2.24) is 4.31 Å². The molecule has 0 bridgehead atoms. The lowest BCUT2D eigenvalue weighted by Gasteiger charge is -2.44. The second-order valence-electron chi connectivity index (χ2n) is 7.34. The maximum atomic E-state index is 13.5. The van der Waals surface area contributed by atoms with Crippen LogP contribution in [0, 0.1) is 12.8 Å². The largest absolute Gasteiger partial charge is 0.394 e. The standard InChI is InChI=1S/C20H23BrN2O3S/c1-13-5-3-4-6-19(13)27(25,26)23-10-9-15-18(12-24)22(2)17-8-7-14(21)11-16(17)20(15)23/h3-8,11,15,18,20,24H,9-10,12H2,1-2H3/t15-,18-,20-/m0/s1. The second kappa shape index (κ2) is 6.88. The van der Waals surface area contributed by atoms with Gasteiger partial charge in [-0.2, -0.15) is 4.31 Å².